The SMILES string of the molecule is Cc1ccc(C(=O)Nc2ccc(CN3CC[C@@H](N(C)C)C3)c(C(F)(F)F)c2)cc1-c1cnc2cnccn12. The highest BCUT2D eigenvalue weighted by atomic mass is 19.4. The maximum Gasteiger partial charge on any atom is 0.416 e. The van der Waals surface area contributed by atoms with Crippen molar-refractivity contribution in [3.8, 4) is 11.3 Å². The van der Waals surface area contributed by atoms with Gasteiger partial charge in [0.1, 0.15) is 0 Å². The average Bonchev–Trinajstić information content (AvgIpc) is 3.52. The van der Waals surface area contributed by atoms with Gasteiger partial charge in [0.05, 0.1) is 23.7 Å². The first-order valence-corrected chi connectivity index (χ1v) is 12.4. The minimum atomic E-state index is -4.54. The van der Waals surface area contributed by atoms with Gasteiger partial charge in [0, 0.05) is 54.9 Å². The molecule has 0 spiro atoms. The van der Waals surface area contributed by atoms with Gasteiger partial charge in [-0.1, -0.05) is 12.1 Å². The fraction of sp³-hybridized carbons (Fsp3) is 0.321. The molecule has 38 heavy (non-hydrogen) atoms. The normalized spacial score (nSPS) is 16.4. The van der Waals surface area contributed by atoms with Crippen LogP contribution in [-0.2, 0) is 12.7 Å². The molecule has 2 aromatic carbocycles. The van der Waals surface area contributed by atoms with Gasteiger partial charge in [0.15, 0.2) is 5.65 Å². The third kappa shape index (κ3) is 5.27. The summed E-state index contributed by atoms with van der Waals surface area (Å²) in [5.74, 6) is -0.490. The van der Waals surface area contributed by atoms with Crippen molar-refractivity contribution in [1.29, 1.82) is 0 Å². The summed E-state index contributed by atoms with van der Waals surface area (Å²) in [7, 11) is 3.97. The van der Waals surface area contributed by atoms with Crippen molar-refractivity contribution in [3.05, 3.63) is 83.4 Å². The van der Waals surface area contributed by atoms with Gasteiger partial charge < -0.3 is 10.2 Å². The molecule has 1 saturated heterocycles. The predicted molar refractivity (Wildman–Crippen MR) is 140 cm³/mol. The number of halogens is 3. The molecule has 1 atom stereocenters. The zero-order chi connectivity index (χ0) is 27.0. The minimum Gasteiger partial charge on any atom is -0.322 e. The van der Waals surface area contributed by atoms with Crippen LogP contribution in [-0.4, -0.2) is 63.3 Å². The number of carbonyl (C=O) groups is 1. The van der Waals surface area contributed by atoms with Crippen molar-refractivity contribution in [2.45, 2.75) is 32.1 Å². The van der Waals surface area contributed by atoms with Gasteiger partial charge in [-0.15, -0.1) is 0 Å². The first-order chi connectivity index (χ1) is 18.1. The number of likely N-dealkylation sites (tertiary alicyclic amines) is 1. The van der Waals surface area contributed by atoms with Crippen LogP contribution in [0.1, 0.15) is 33.5 Å². The van der Waals surface area contributed by atoms with Crippen molar-refractivity contribution < 1.29 is 18.0 Å². The van der Waals surface area contributed by atoms with Crippen LogP contribution in [0, 0.1) is 6.92 Å². The molecule has 0 bridgehead atoms. The standard InChI is InChI=1S/C28H29F3N6O/c1-18-4-5-19(12-23(18)25-14-33-26-15-32-9-11-37(25)26)27(38)34-21-7-6-20(24(13-21)28(29,30)31)16-36-10-8-22(17-36)35(2)3/h4-7,9,11-15,22H,8,10,16-17H2,1-3H3,(H,34,38)/t22-/m1/s1. The van der Waals surface area contributed by atoms with E-state index in [1.165, 1.54) is 12.1 Å². The Morgan fingerprint density at radius 1 is 1.16 bits per heavy atom. The lowest BCUT2D eigenvalue weighted by atomic mass is 10.0. The second-order valence-corrected chi connectivity index (χ2v) is 9.94. The second-order valence-electron chi connectivity index (χ2n) is 9.94. The van der Waals surface area contributed by atoms with E-state index in [-0.39, 0.29) is 17.8 Å². The molecule has 1 aliphatic heterocycles. The number of aromatic nitrogens is 3. The molecule has 0 radical (unpaired) electrons. The van der Waals surface area contributed by atoms with Gasteiger partial charge in [-0.3, -0.25) is 19.1 Å². The number of nitrogens with one attached hydrogen (secondary N) is 1. The fourth-order valence-corrected chi connectivity index (χ4v) is 4.96. The van der Waals surface area contributed by atoms with E-state index in [2.05, 4.69) is 20.2 Å². The van der Waals surface area contributed by atoms with Gasteiger partial charge in [-0.2, -0.15) is 13.2 Å². The highest BCUT2D eigenvalue weighted by Crippen LogP contribution is 2.35. The highest BCUT2D eigenvalue weighted by Gasteiger charge is 2.35. The molecule has 0 saturated carbocycles. The van der Waals surface area contributed by atoms with Crippen molar-refractivity contribution in [2.75, 3.05) is 32.5 Å². The summed E-state index contributed by atoms with van der Waals surface area (Å²) in [5, 5.41) is 2.65. The molecule has 2 aromatic heterocycles. The number of anilines is 1. The van der Waals surface area contributed by atoms with E-state index < -0.39 is 17.6 Å². The van der Waals surface area contributed by atoms with Crippen LogP contribution in [0.5, 0.6) is 0 Å². The molecule has 0 unspecified atom stereocenters. The Labute approximate surface area is 218 Å². The van der Waals surface area contributed by atoms with Gasteiger partial charge in [0.25, 0.3) is 5.91 Å². The highest BCUT2D eigenvalue weighted by molar-refractivity contribution is 6.05. The quantitative estimate of drug-likeness (QED) is 0.381. The molecule has 1 fully saturated rings. The molecular formula is C28H29F3N6O. The van der Waals surface area contributed by atoms with Crippen molar-refractivity contribution in [2.24, 2.45) is 0 Å². The van der Waals surface area contributed by atoms with E-state index in [0.717, 1.165) is 42.4 Å². The number of imidazole rings is 1. The molecule has 7 nitrogen and oxygen atoms in total. The molecule has 0 aliphatic carbocycles. The van der Waals surface area contributed by atoms with Gasteiger partial charge in [0.2, 0.25) is 0 Å². The van der Waals surface area contributed by atoms with Crippen molar-refractivity contribution in [1.82, 2.24) is 24.2 Å². The largest absolute Gasteiger partial charge is 0.416 e. The van der Waals surface area contributed by atoms with Crippen LogP contribution >= 0.6 is 0 Å². The number of alkyl halides is 3. The van der Waals surface area contributed by atoms with E-state index in [4.69, 9.17) is 0 Å². The molecule has 3 heterocycles. The number of fused-ring (bicyclic) bond motifs is 1. The van der Waals surface area contributed by atoms with Crippen LogP contribution in [0.3, 0.4) is 0 Å². The molecular weight excluding hydrogens is 493 g/mol. The van der Waals surface area contributed by atoms with E-state index in [9.17, 15) is 18.0 Å². The Hall–Kier alpha value is -3.76. The number of aryl methyl sites for hydroxylation is 1. The Morgan fingerprint density at radius 3 is 2.71 bits per heavy atom. The first-order valence-electron chi connectivity index (χ1n) is 12.4. The van der Waals surface area contributed by atoms with Crippen molar-refractivity contribution >= 4 is 17.2 Å². The number of carbonyl (C=O) groups excluding carboxylic acids is 1. The number of amides is 1. The lowest BCUT2D eigenvalue weighted by Crippen LogP contribution is -2.31. The molecule has 10 heteroatoms. The zero-order valence-electron chi connectivity index (χ0n) is 21.5. The molecule has 1 N–H and O–H groups in total. The van der Waals surface area contributed by atoms with Crippen molar-refractivity contribution in [3.63, 3.8) is 0 Å². The number of hydrogen-bond donors (Lipinski definition) is 1. The summed E-state index contributed by atoms with van der Waals surface area (Å²) in [6.45, 7) is 3.61. The lowest BCUT2D eigenvalue weighted by Gasteiger charge is -2.22. The molecule has 1 amide bonds. The smallest absolute Gasteiger partial charge is 0.322 e. The third-order valence-corrected chi connectivity index (χ3v) is 7.14. The van der Waals surface area contributed by atoms with Gasteiger partial charge in [-0.25, -0.2) is 4.98 Å². The lowest BCUT2D eigenvalue weighted by molar-refractivity contribution is -0.138. The summed E-state index contributed by atoms with van der Waals surface area (Å²) >= 11 is 0. The van der Waals surface area contributed by atoms with Gasteiger partial charge in [-0.05, 0) is 62.8 Å². The fourth-order valence-electron chi connectivity index (χ4n) is 4.96. The monoisotopic (exact) mass is 522 g/mol. The molecule has 5 rings (SSSR count). The summed E-state index contributed by atoms with van der Waals surface area (Å²) < 4.78 is 43.9. The van der Waals surface area contributed by atoms with Crippen LogP contribution in [0.25, 0.3) is 16.9 Å². The first kappa shape index (κ1) is 25.9. The summed E-state index contributed by atoms with van der Waals surface area (Å²) in [6, 6.07) is 9.56. The summed E-state index contributed by atoms with van der Waals surface area (Å²) in [4.78, 5) is 25.7. The molecule has 4 aromatic rings. The predicted octanol–water partition coefficient (Wildman–Crippen LogP) is 5.11. The Morgan fingerprint density at radius 2 is 1.97 bits per heavy atom. The van der Waals surface area contributed by atoms with E-state index in [1.807, 2.05) is 36.4 Å². The van der Waals surface area contributed by atoms with Crippen LogP contribution < -0.4 is 5.32 Å². The molecule has 198 valence electrons. The molecule has 1 aliphatic rings. The van der Waals surface area contributed by atoms with E-state index >= 15 is 0 Å². The van der Waals surface area contributed by atoms with Gasteiger partial charge >= 0.3 is 6.18 Å². The maximum atomic E-state index is 14.0. The third-order valence-electron chi connectivity index (χ3n) is 7.14. The zero-order valence-corrected chi connectivity index (χ0v) is 21.5. The van der Waals surface area contributed by atoms with Crippen LogP contribution in [0.2, 0.25) is 0 Å². The van der Waals surface area contributed by atoms with E-state index in [0.29, 0.717) is 17.3 Å². The summed E-state index contributed by atoms with van der Waals surface area (Å²) in [6.07, 6.45) is 3.17. The minimum absolute atomic E-state index is 0.0988. The topological polar surface area (TPSA) is 65.8 Å². The Bertz CT molecular complexity index is 1480. The van der Waals surface area contributed by atoms with E-state index in [1.54, 1.807) is 36.9 Å². The number of likely N-dealkylation sites (N-methyl/N-ethyl adjacent to an activating group) is 1. The number of rotatable bonds is 6. The maximum absolute atomic E-state index is 14.0. The number of benzene rings is 2. The summed E-state index contributed by atoms with van der Waals surface area (Å²) in [5.41, 5.74) is 3.09. The number of hydrogen-bond acceptors (Lipinski definition) is 5. The Kier molecular flexibility index (Phi) is 6.93. The average molecular weight is 523 g/mol. The second kappa shape index (κ2) is 10.2. The Balaban J connectivity index is 1.38. The van der Waals surface area contributed by atoms with Crippen LogP contribution in [0.4, 0.5) is 18.9 Å². The number of nitrogens with zero attached hydrogens (tertiary/aromatic N) is 5. The van der Waals surface area contributed by atoms with Crippen LogP contribution in [0.15, 0.2) is 61.2 Å².